The number of H-pyrrole nitrogens is 1. The second-order valence-electron chi connectivity index (χ2n) is 5.08. The Morgan fingerprint density at radius 2 is 2.22 bits per heavy atom. The van der Waals surface area contributed by atoms with Gasteiger partial charge in [-0.2, -0.15) is 10.1 Å². The highest BCUT2D eigenvalue weighted by Gasteiger charge is 2.17. The maximum absolute atomic E-state index is 6.04. The molecule has 2 heterocycles. The van der Waals surface area contributed by atoms with Crippen molar-refractivity contribution in [1.82, 2.24) is 25.7 Å². The largest absolute Gasteiger partial charge is 0.334 e. The first-order valence-corrected chi connectivity index (χ1v) is 7.34. The van der Waals surface area contributed by atoms with E-state index in [-0.39, 0.29) is 18.4 Å². The van der Waals surface area contributed by atoms with Crippen molar-refractivity contribution in [2.75, 3.05) is 7.05 Å². The fourth-order valence-electron chi connectivity index (χ4n) is 2.13. The van der Waals surface area contributed by atoms with Gasteiger partial charge in [0, 0.05) is 23.0 Å². The predicted octanol–water partition coefficient (Wildman–Crippen LogP) is 3.35. The van der Waals surface area contributed by atoms with E-state index in [9.17, 15) is 0 Å². The summed E-state index contributed by atoms with van der Waals surface area (Å²) in [6.07, 6.45) is 2.37. The standard InChI is InChI=1S/C15H16ClN5O.ClH/c1-9(17-2)6-13-19-15(22-21-13)12-8-18-20-14(12)10-4-3-5-11(16)7-10;/h3-5,7-9,17H,6H2,1-2H3,(H,18,20);1H. The van der Waals surface area contributed by atoms with Crippen LogP contribution in [0.1, 0.15) is 12.7 Å². The fraction of sp³-hybridized carbons (Fsp3) is 0.267. The van der Waals surface area contributed by atoms with E-state index in [2.05, 4.69) is 32.6 Å². The second-order valence-corrected chi connectivity index (χ2v) is 5.52. The van der Waals surface area contributed by atoms with E-state index < -0.39 is 0 Å². The van der Waals surface area contributed by atoms with E-state index in [0.717, 1.165) is 16.8 Å². The number of nitrogens with zero attached hydrogens (tertiary/aromatic N) is 3. The van der Waals surface area contributed by atoms with Gasteiger partial charge in [0.25, 0.3) is 5.89 Å². The smallest absolute Gasteiger partial charge is 0.261 e. The van der Waals surface area contributed by atoms with Gasteiger partial charge in [0.1, 0.15) is 0 Å². The molecule has 3 rings (SSSR count). The lowest BCUT2D eigenvalue weighted by atomic mass is 10.1. The highest BCUT2D eigenvalue weighted by atomic mass is 35.5. The normalized spacial score (nSPS) is 12.0. The molecule has 0 fully saturated rings. The van der Waals surface area contributed by atoms with Gasteiger partial charge in [0.15, 0.2) is 5.82 Å². The van der Waals surface area contributed by atoms with E-state index in [0.29, 0.717) is 23.2 Å². The van der Waals surface area contributed by atoms with E-state index >= 15 is 0 Å². The Bertz CT molecular complexity index is 771. The molecule has 2 aromatic heterocycles. The van der Waals surface area contributed by atoms with E-state index in [4.69, 9.17) is 16.1 Å². The summed E-state index contributed by atoms with van der Waals surface area (Å²) in [5, 5.41) is 14.9. The van der Waals surface area contributed by atoms with Gasteiger partial charge >= 0.3 is 0 Å². The molecule has 0 spiro atoms. The van der Waals surface area contributed by atoms with E-state index in [1.165, 1.54) is 0 Å². The third-order valence-electron chi connectivity index (χ3n) is 3.43. The number of halogens is 2. The summed E-state index contributed by atoms with van der Waals surface area (Å²) in [4.78, 5) is 4.44. The van der Waals surface area contributed by atoms with Crippen molar-refractivity contribution in [1.29, 1.82) is 0 Å². The molecule has 0 amide bonds. The molecule has 122 valence electrons. The van der Waals surface area contributed by atoms with Crippen LogP contribution in [0.15, 0.2) is 35.0 Å². The molecule has 8 heteroatoms. The van der Waals surface area contributed by atoms with Crippen LogP contribution in [0.5, 0.6) is 0 Å². The molecule has 0 aliphatic carbocycles. The van der Waals surface area contributed by atoms with Crippen molar-refractivity contribution in [2.24, 2.45) is 0 Å². The molecule has 3 aromatic rings. The predicted molar refractivity (Wildman–Crippen MR) is 91.8 cm³/mol. The average Bonchev–Trinajstić information content (AvgIpc) is 3.15. The van der Waals surface area contributed by atoms with Gasteiger partial charge in [0.2, 0.25) is 0 Å². The lowest BCUT2D eigenvalue weighted by Gasteiger charge is -2.04. The molecular formula is C15H17Cl2N5O. The van der Waals surface area contributed by atoms with Crippen LogP contribution in [-0.2, 0) is 6.42 Å². The number of nitrogens with one attached hydrogen (secondary N) is 2. The lowest BCUT2D eigenvalue weighted by molar-refractivity contribution is 0.418. The molecule has 1 aromatic carbocycles. The SMILES string of the molecule is CNC(C)Cc1noc(-c2cn[nH]c2-c2cccc(Cl)c2)n1.Cl. The van der Waals surface area contributed by atoms with Gasteiger partial charge < -0.3 is 9.84 Å². The quantitative estimate of drug-likeness (QED) is 0.735. The summed E-state index contributed by atoms with van der Waals surface area (Å²) >= 11 is 6.04. The summed E-state index contributed by atoms with van der Waals surface area (Å²) < 4.78 is 5.36. The summed E-state index contributed by atoms with van der Waals surface area (Å²) in [6, 6.07) is 7.80. The van der Waals surface area contributed by atoms with Crippen LogP contribution in [-0.4, -0.2) is 33.4 Å². The highest BCUT2D eigenvalue weighted by Crippen LogP contribution is 2.30. The number of hydrogen-bond acceptors (Lipinski definition) is 5. The molecule has 23 heavy (non-hydrogen) atoms. The maximum atomic E-state index is 6.04. The minimum atomic E-state index is 0. The van der Waals surface area contributed by atoms with Crippen LogP contribution < -0.4 is 5.32 Å². The Balaban J connectivity index is 0.00000192. The Labute approximate surface area is 145 Å². The molecule has 0 aliphatic heterocycles. The third-order valence-corrected chi connectivity index (χ3v) is 3.67. The molecule has 1 unspecified atom stereocenters. The number of rotatable bonds is 5. The average molecular weight is 354 g/mol. The molecule has 0 saturated heterocycles. The van der Waals surface area contributed by atoms with Gasteiger partial charge in [-0.3, -0.25) is 5.10 Å². The van der Waals surface area contributed by atoms with Gasteiger partial charge in [-0.05, 0) is 26.1 Å². The van der Waals surface area contributed by atoms with Crippen LogP contribution in [0.2, 0.25) is 5.02 Å². The first-order chi connectivity index (χ1) is 10.7. The van der Waals surface area contributed by atoms with Crippen molar-refractivity contribution in [3.8, 4) is 22.7 Å². The molecule has 0 saturated carbocycles. The Morgan fingerprint density at radius 1 is 1.39 bits per heavy atom. The van der Waals surface area contributed by atoms with Crippen molar-refractivity contribution in [3.63, 3.8) is 0 Å². The van der Waals surface area contributed by atoms with Crippen LogP contribution in [0.3, 0.4) is 0 Å². The molecule has 6 nitrogen and oxygen atoms in total. The van der Waals surface area contributed by atoms with Gasteiger partial charge in [-0.25, -0.2) is 0 Å². The molecule has 0 aliphatic rings. The third kappa shape index (κ3) is 3.90. The van der Waals surface area contributed by atoms with E-state index in [1.807, 2.05) is 31.3 Å². The second kappa shape index (κ2) is 7.59. The number of likely N-dealkylation sites (N-methyl/N-ethyl adjacent to an activating group) is 1. The molecular weight excluding hydrogens is 337 g/mol. The molecule has 1 atom stereocenters. The Morgan fingerprint density at radius 3 is 2.96 bits per heavy atom. The van der Waals surface area contributed by atoms with Gasteiger partial charge in [0.05, 0.1) is 17.5 Å². The molecule has 0 bridgehead atoms. The fourth-order valence-corrected chi connectivity index (χ4v) is 2.32. The monoisotopic (exact) mass is 353 g/mol. The molecule has 2 N–H and O–H groups in total. The summed E-state index contributed by atoms with van der Waals surface area (Å²) in [7, 11) is 1.90. The van der Waals surface area contributed by atoms with Gasteiger partial charge in [-0.15, -0.1) is 12.4 Å². The van der Waals surface area contributed by atoms with Crippen molar-refractivity contribution >= 4 is 24.0 Å². The zero-order valence-corrected chi connectivity index (χ0v) is 14.3. The van der Waals surface area contributed by atoms with Crippen LogP contribution >= 0.6 is 24.0 Å². The summed E-state index contributed by atoms with van der Waals surface area (Å²) in [5.74, 6) is 1.11. The number of hydrogen-bond donors (Lipinski definition) is 2. The maximum Gasteiger partial charge on any atom is 0.261 e. The zero-order valence-electron chi connectivity index (χ0n) is 12.7. The van der Waals surface area contributed by atoms with Crippen LogP contribution in [0.25, 0.3) is 22.7 Å². The van der Waals surface area contributed by atoms with Crippen molar-refractivity contribution in [2.45, 2.75) is 19.4 Å². The number of aromatic amines is 1. The van der Waals surface area contributed by atoms with Crippen LogP contribution in [0.4, 0.5) is 0 Å². The minimum Gasteiger partial charge on any atom is -0.334 e. The number of aromatic nitrogens is 4. The topological polar surface area (TPSA) is 79.6 Å². The zero-order chi connectivity index (χ0) is 15.5. The molecule has 0 radical (unpaired) electrons. The van der Waals surface area contributed by atoms with Gasteiger partial charge in [-0.1, -0.05) is 28.9 Å². The lowest BCUT2D eigenvalue weighted by Crippen LogP contribution is -2.24. The highest BCUT2D eigenvalue weighted by molar-refractivity contribution is 6.30. The number of benzene rings is 1. The van der Waals surface area contributed by atoms with E-state index in [1.54, 1.807) is 6.20 Å². The Kier molecular flexibility index (Phi) is 5.76. The van der Waals surface area contributed by atoms with Crippen molar-refractivity contribution < 1.29 is 4.52 Å². The van der Waals surface area contributed by atoms with Crippen molar-refractivity contribution in [3.05, 3.63) is 41.3 Å². The van der Waals surface area contributed by atoms with Crippen LogP contribution in [0, 0.1) is 0 Å². The Hall–Kier alpha value is -1.89. The first kappa shape index (κ1) is 17.5. The summed E-state index contributed by atoms with van der Waals surface area (Å²) in [5.41, 5.74) is 2.49. The summed E-state index contributed by atoms with van der Waals surface area (Å²) in [6.45, 7) is 2.06. The first-order valence-electron chi connectivity index (χ1n) is 6.97. The minimum absolute atomic E-state index is 0.